The summed E-state index contributed by atoms with van der Waals surface area (Å²) < 4.78 is 17.7. The lowest BCUT2D eigenvalue weighted by atomic mass is 10.1. The maximum absolute atomic E-state index is 12.1. The largest absolute Gasteiger partial charge is 0.386 e. The summed E-state index contributed by atoms with van der Waals surface area (Å²) in [5, 5.41) is 12.1. The first kappa shape index (κ1) is 13.5. The first-order valence-corrected chi connectivity index (χ1v) is 7.72. The van der Waals surface area contributed by atoms with Gasteiger partial charge in [-0.15, -0.1) is 11.3 Å². The van der Waals surface area contributed by atoms with E-state index in [0.29, 0.717) is 10.2 Å². The molecule has 4 heterocycles. The van der Waals surface area contributed by atoms with Gasteiger partial charge in [0, 0.05) is 0 Å². The van der Waals surface area contributed by atoms with E-state index < -0.39 is 35.8 Å². The Kier molecular flexibility index (Phi) is 3.17. The van der Waals surface area contributed by atoms with Gasteiger partial charge in [-0.2, -0.15) is 0 Å². The first-order valence-electron chi connectivity index (χ1n) is 6.17. The molecule has 8 nitrogen and oxygen atoms in total. The van der Waals surface area contributed by atoms with E-state index in [0.717, 1.165) is 12.3 Å². The van der Waals surface area contributed by atoms with Crippen LogP contribution in [0.1, 0.15) is 6.23 Å². The summed E-state index contributed by atoms with van der Waals surface area (Å²) in [6.45, 7) is 0.258. The maximum atomic E-state index is 12.1. The average Bonchev–Trinajstić information content (AvgIpc) is 3.06. The molecule has 2 N–H and O–H groups in total. The van der Waals surface area contributed by atoms with E-state index in [1.165, 1.54) is 15.9 Å². The minimum atomic E-state index is -1.03. The number of hydrogen-bond acceptors (Lipinski definition) is 8. The van der Waals surface area contributed by atoms with Crippen molar-refractivity contribution in [3.8, 4) is 0 Å². The van der Waals surface area contributed by atoms with E-state index in [1.54, 1.807) is 11.4 Å². The quantitative estimate of drug-likeness (QED) is 0.709. The Labute approximate surface area is 125 Å². The number of nitrogens with one attached hydrogen (secondary N) is 1. The van der Waals surface area contributed by atoms with Gasteiger partial charge in [-0.3, -0.25) is 22.7 Å². The Morgan fingerprint density at radius 3 is 3.10 bits per heavy atom. The van der Waals surface area contributed by atoms with Crippen LogP contribution < -0.4 is 11.2 Å². The Morgan fingerprint density at radius 2 is 2.29 bits per heavy atom. The second-order valence-corrected chi connectivity index (χ2v) is 6.21. The summed E-state index contributed by atoms with van der Waals surface area (Å²) in [5.74, 6) is 0. The normalized spacial score (nSPS) is 32.4. The van der Waals surface area contributed by atoms with E-state index in [-0.39, 0.29) is 6.61 Å². The Bertz CT molecular complexity index is 798. The smallest absolute Gasteiger partial charge is 0.331 e. The molecule has 4 atom stereocenters. The predicted molar refractivity (Wildman–Crippen MR) is 75.0 cm³/mol. The van der Waals surface area contributed by atoms with Crippen molar-refractivity contribution < 1.29 is 18.2 Å². The molecule has 2 unspecified atom stereocenters. The molecule has 2 aliphatic heterocycles. The zero-order chi connectivity index (χ0) is 14.6. The van der Waals surface area contributed by atoms with Crippen LogP contribution in [-0.2, 0) is 13.1 Å². The Morgan fingerprint density at radius 1 is 1.43 bits per heavy atom. The zero-order valence-electron chi connectivity index (χ0n) is 10.4. The van der Waals surface area contributed by atoms with E-state index in [2.05, 4.69) is 4.98 Å². The topological polar surface area (TPSA) is 103 Å². The molecule has 0 aromatic carbocycles. The van der Waals surface area contributed by atoms with Crippen LogP contribution in [-0.4, -0.2) is 39.6 Å². The third kappa shape index (κ3) is 1.99. The Hall–Kier alpha value is -1.17. The zero-order valence-corrected chi connectivity index (χ0v) is 12.1. The molecule has 0 spiro atoms. The number of aliphatic hydroxyl groups is 1. The van der Waals surface area contributed by atoms with Gasteiger partial charge >= 0.3 is 5.69 Å². The van der Waals surface area contributed by atoms with Crippen LogP contribution in [0.3, 0.4) is 0 Å². The average molecular weight is 330 g/mol. The lowest BCUT2D eigenvalue weighted by Crippen LogP contribution is -2.39. The molecule has 0 saturated carbocycles. The van der Waals surface area contributed by atoms with Gasteiger partial charge in [-0.05, 0) is 11.4 Å². The molecule has 2 fully saturated rings. The van der Waals surface area contributed by atoms with Crippen molar-refractivity contribution in [3.63, 3.8) is 0 Å². The summed E-state index contributed by atoms with van der Waals surface area (Å²) in [5.41, 5.74) is -0.631. The van der Waals surface area contributed by atoms with Crippen LogP contribution in [0, 0.1) is 0 Å². The van der Waals surface area contributed by atoms with Gasteiger partial charge < -0.3 is 9.84 Å². The van der Waals surface area contributed by atoms with Gasteiger partial charge in [0.05, 0.1) is 12.1 Å². The number of aromatic nitrogens is 2. The highest BCUT2D eigenvalue weighted by Crippen LogP contribution is 2.37. The minimum absolute atomic E-state index is 0.258. The molecular formula is C11H10N2O6S2. The van der Waals surface area contributed by atoms with Gasteiger partial charge in [0.1, 0.15) is 23.0 Å². The van der Waals surface area contributed by atoms with Gasteiger partial charge in [-0.1, -0.05) is 0 Å². The van der Waals surface area contributed by atoms with E-state index in [9.17, 15) is 14.7 Å². The van der Waals surface area contributed by atoms with E-state index >= 15 is 0 Å². The fourth-order valence-electron chi connectivity index (χ4n) is 2.59. The third-order valence-electron chi connectivity index (χ3n) is 3.54. The van der Waals surface area contributed by atoms with Crippen LogP contribution >= 0.6 is 23.7 Å². The van der Waals surface area contributed by atoms with Crippen LogP contribution in [0.25, 0.3) is 10.2 Å². The van der Waals surface area contributed by atoms with Crippen LogP contribution in [0.5, 0.6) is 0 Å². The van der Waals surface area contributed by atoms with Crippen molar-refractivity contribution in [2.75, 3.05) is 6.61 Å². The van der Waals surface area contributed by atoms with Gasteiger partial charge in [0.2, 0.25) is 0 Å². The van der Waals surface area contributed by atoms with Gasteiger partial charge in [0.25, 0.3) is 5.56 Å². The molecule has 0 aliphatic carbocycles. The van der Waals surface area contributed by atoms with Crippen molar-refractivity contribution in [2.24, 2.45) is 0 Å². The SMILES string of the molecule is O=c1[nH]c(=O)n([C@@H]2O[C@@H]3COSOC3C2O)c2ccsc12. The molecule has 2 saturated heterocycles. The van der Waals surface area contributed by atoms with Crippen LogP contribution in [0.15, 0.2) is 21.0 Å². The summed E-state index contributed by atoms with van der Waals surface area (Å²) in [6, 6.07) is 1.65. The molecule has 0 radical (unpaired) electrons. The number of aromatic amines is 1. The van der Waals surface area contributed by atoms with Crippen molar-refractivity contribution in [2.45, 2.75) is 24.5 Å². The highest BCUT2D eigenvalue weighted by atomic mass is 32.2. The van der Waals surface area contributed by atoms with Crippen molar-refractivity contribution >= 4 is 33.9 Å². The van der Waals surface area contributed by atoms with Gasteiger partial charge in [0.15, 0.2) is 18.6 Å². The summed E-state index contributed by atoms with van der Waals surface area (Å²) in [4.78, 5) is 26.1. The second kappa shape index (κ2) is 4.93. The van der Waals surface area contributed by atoms with E-state index in [1.807, 2.05) is 0 Å². The molecule has 2 aliphatic rings. The monoisotopic (exact) mass is 330 g/mol. The van der Waals surface area contributed by atoms with Gasteiger partial charge in [-0.25, -0.2) is 4.79 Å². The third-order valence-corrected chi connectivity index (χ3v) is 4.98. The standard InChI is InChI=1S/C11H10N2O6S2/c14-6-7-5(3-17-21-19-7)18-10(6)13-4-1-2-20-8(4)9(15)12-11(13)16/h1-2,5-7,10,14H,3H2,(H,12,15,16)/t5-,6?,7?,10-/m1/s1. The molecular weight excluding hydrogens is 320 g/mol. The lowest BCUT2D eigenvalue weighted by molar-refractivity contribution is -0.0514. The molecule has 2 aromatic heterocycles. The number of rotatable bonds is 1. The molecule has 0 amide bonds. The van der Waals surface area contributed by atoms with Crippen LogP contribution in [0.4, 0.5) is 0 Å². The van der Waals surface area contributed by atoms with Crippen molar-refractivity contribution in [1.82, 2.24) is 9.55 Å². The molecule has 4 rings (SSSR count). The van der Waals surface area contributed by atoms with Crippen molar-refractivity contribution in [3.05, 3.63) is 32.3 Å². The molecule has 10 heteroatoms. The second-order valence-electron chi connectivity index (χ2n) is 4.73. The van der Waals surface area contributed by atoms with Crippen molar-refractivity contribution in [1.29, 1.82) is 0 Å². The number of H-pyrrole nitrogens is 1. The fraction of sp³-hybridized carbons (Fsp3) is 0.455. The highest BCUT2D eigenvalue weighted by Gasteiger charge is 2.48. The minimum Gasteiger partial charge on any atom is -0.386 e. The molecule has 112 valence electrons. The number of hydrogen-bond donors (Lipinski definition) is 2. The number of fused-ring (bicyclic) bond motifs is 2. The maximum Gasteiger partial charge on any atom is 0.331 e. The number of thiophene rings is 1. The molecule has 0 bridgehead atoms. The van der Waals surface area contributed by atoms with Crippen LogP contribution in [0.2, 0.25) is 0 Å². The summed E-state index contributed by atoms with van der Waals surface area (Å²) >= 11 is 2.02. The predicted octanol–water partition coefficient (Wildman–Crippen LogP) is -0.0118. The first-order chi connectivity index (χ1) is 10.2. The molecule has 2 aromatic rings. The van der Waals surface area contributed by atoms with E-state index in [4.69, 9.17) is 13.1 Å². The highest BCUT2D eigenvalue weighted by molar-refractivity contribution is 7.89. The molecule has 21 heavy (non-hydrogen) atoms. The number of ether oxygens (including phenoxy) is 1. The lowest BCUT2D eigenvalue weighted by Gasteiger charge is -2.22. The Balaban J connectivity index is 1.85. The number of aliphatic hydroxyl groups excluding tert-OH is 1. The fourth-order valence-corrected chi connectivity index (χ4v) is 3.94. The summed E-state index contributed by atoms with van der Waals surface area (Å²) in [7, 11) is 0. The summed E-state index contributed by atoms with van der Waals surface area (Å²) in [6.07, 6.45) is -3.00. The number of nitrogens with zero attached hydrogens (tertiary/aromatic N) is 1.